The highest BCUT2D eigenvalue weighted by Gasteiger charge is 2.17. The van der Waals surface area contributed by atoms with Crippen molar-refractivity contribution in [3.8, 4) is 0 Å². The Morgan fingerprint density at radius 3 is 2.11 bits per heavy atom. The largest absolute Gasteiger partial charge is 0.369 e. The van der Waals surface area contributed by atoms with Gasteiger partial charge in [0, 0.05) is 37.6 Å². The maximum atomic E-state index is 12.6. The van der Waals surface area contributed by atoms with Crippen LogP contribution in [-0.4, -0.2) is 46.5 Å². The van der Waals surface area contributed by atoms with Gasteiger partial charge in [0.1, 0.15) is 0 Å². The van der Waals surface area contributed by atoms with Gasteiger partial charge >= 0.3 is 0 Å². The van der Waals surface area contributed by atoms with E-state index in [2.05, 4.69) is 35.4 Å². The number of sulfonamides is 1. The molecule has 0 aromatic heterocycles. The molecule has 1 aliphatic rings. The Morgan fingerprint density at radius 1 is 0.963 bits per heavy atom. The molecule has 1 N–H and O–H groups in total. The van der Waals surface area contributed by atoms with E-state index < -0.39 is 10.0 Å². The molecule has 0 saturated carbocycles. The molecule has 1 atom stereocenters. The maximum absolute atomic E-state index is 12.6. The summed E-state index contributed by atoms with van der Waals surface area (Å²) in [6, 6.07) is 14.8. The number of nitrogens with zero attached hydrogens (tertiary/aromatic N) is 2. The Bertz CT molecular complexity index is 840. The van der Waals surface area contributed by atoms with E-state index in [9.17, 15) is 8.42 Å². The molecule has 5 nitrogen and oxygen atoms in total. The van der Waals surface area contributed by atoms with Crippen molar-refractivity contribution in [3.05, 3.63) is 54.1 Å². The first-order chi connectivity index (χ1) is 12.9. The maximum Gasteiger partial charge on any atom is 0.261 e. The molecule has 1 heterocycles. The summed E-state index contributed by atoms with van der Waals surface area (Å²) >= 11 is 0. The van der Waals surface area contributed by atoms with E-state index in [1.807, 2.05) is 36.4 Å². The number of nitrogens with one attached hydrogen (secondary N) is 1. The van der Waals surface area contributed by atoms with E-state index in [-0.39, 0.29) is 4.90 Å². The summed E-state index contributed by atoms with van der Waals surface area (Å²) in [5.74, 6) is 0.428. The van der Waals surface area contributed by atoms with Gasteiger partial charge in [-0.15, -0.1) is 0 Å². The van der Waals surface area contributed by atoms with Gasteiger partial charge in [0.2, 0.25) is 0 Å². The zero-order chi connectivity index (χ0) is 19.4. The number of benzene rings is 2. The molecular formula is C21H29N3O2S. The molecule has 2 aromatic carbocycles. The van der Waals surface area contributed by atoms with Gasteiger partial charge < -0.3 is 9.80 Å². The lowest BCUT2D eigenvalue weighted by molar-refractivity contribution is 0.313. The Labute approximate surface area is 163 Å². The molecule has 146 valence electrons. The number of piperazine rings is 1. The summed E-state index contributed by atoms with van der Waals surface area (Å²) in [5, 5.41) is 0. The molecule has 1 saturated heterocycles. The molecule has 0 spiro atoms. The summed E-state index contributed by atoms with van der Waals surface area (Å²) in [6.45, 7) is 8.34. The van der Waals surface area contributed by atoms with Crippen LogP contribution >= 0.6 is 0 Å². The van der Waals surface area contributed by atoms with Crippen molar-refractivity contribution >= 4 is 21.4 Å². The fraction of sp³-hybridized carbons (Fsp3) is 0.429. The number of rotatable bonds is 6. The fourth-order valence-corrected chi connectivity index (χ4v) is 4.29. The van der Waals surface area contributed by atoms with E-state index in [0.717, 1.165) is 43.9 Å². The first-order valence-corrected chi connectivity index (χ1v) is 11.0. The second-order valence-corrected chi connectivity index (χ2v) is 9.00. The highest BCUT2D eigenvalue weighted by Crippen LogP contribution is 2.24. The van der Waals surface area contributed by atoms with Crippen molar-refractivity contribution in [1.82, 2.24) is 4.90 Å². The number of hydrogen-bond acceptors (Lipinski definition) is 4. The molecule has 6 heteroatoms. The van der Waals surface area contributed by atoms with Crippen LogP contribution in [-0.2, 0) is 10.0 Å². The third kappa shape index (κ3) is 4.82. The number of hydrogen-bond donors (Lipinski definition) is 1. The van der Waals surface area contributed by atoms with Crippen LogP contribution in [0.5, 0.6) is 0 Å². The van der Waals surface area contributed by atoms with Crippen LogP contribution in [0.25, 0.3) is 0 Å². The van der Waals surface area contributed by atoms with E-state index in [0.29, 0.717) is 11.6 Å². The lowest BCUT2D eigenvalue weighted by Crippen LogP contribution is -2.44. The zero-order valence-electron chi connectivity index (χ0n) is 16.4. The molecule has 0 bridgehead atoms. The van der Waals surface area contributed by atoms with Crippen LogP contribution in [0, 0.1) is 0 Å². The highest BCUT2D eigenvalue weighted by molar-refractivity contribution is 7.92. The molecular weight excluding hydrogens is 358 g/mol. The van der Waals surface area contributed by atoms with Crippen LogP contribution in [0.2, 0.25) is 0 Å². The Hall–Kier alpha value is -2.05. The quantitative estimate of drug-likeness (QED) is 0.820. The summed E-state index contributed by atoms with van der Waals surface area (Å²) in [5.41, 5.74) is 2.87. The first kappa shape index (κ1) is 19.7. The molecule has 27 heavy (non-hydrogen) atoms. The number of likely N-dealkylation sites (N-methyl/N-ethyl adjacent to an activating group) is 1. The first-order valence-electron chi connectivity index (χ1n) is 9.55. The third-order valence-electron chi connectivity index (χ3n) is 5.36. The van der Waals surface area contributed by atoms with Crippen molar-refractivity contribution < 1.29 is 8.42 Å². The van der Waals surface area contributed by atoms with E-state index in [4.69, 9.17) is 0 Å². The average molecular weight is 388 g/mol. The van der Waals surface area contributed by atoms with Crippen LogP contribution < -0.4 is 9.62 Å². The van der Waals surface area contributed by atoms with Crippen LogP contribution in [0.4, 0.5) is 11.4 Å². The van der Waals surface area contributed by atoms with Gasteiger partial charge in [-0.2, -0.15) is 0 Å². The Morgan fingerprint density at radius 2 is 1.56 bits per heavy atom. The number of anilines is 2. The topological polar surface area (TPSA) is 52.7 Å². The Balaban J connectivity index is 1.68. The summed E-state index contributed by atoms with van der Waals surface area (Å²) in [4.78, 5) is 4.93. The van der Waals surface area contributed by atoms with Gasteiger partial charge in [-0.1, -0.05) is 26.0 Å². The van der Waals surface area contributed by atoms with Gasteiger partial charge in [-0.25, -0.2) is 8.42 Å². The van der Waals surface area contributed by atoms with Gasteiger partial charge in [0.15, 0.2) is 0 Å². The van der Waals surface area contributed by atoms with Crippen molar-refractivity contribution in [1.29, 1.82) is 0 Å². The summed E-state index contributed by atoms with van der Waals surface area (Å²) in [6.07, 6.45) is 1.03. The van der Waals surface area contributed by atoms with E-state index >= 15 is 0 Å². The average Bonchev–Trinajstić information content (AvgIpc) is 2.68. The SMILES string of the molecule is CCC(C)c1ccc(S(=O)(=O)Nc2ccc(N3CCN(C)CC3)cc2)cc1. The zero-order valence-corrected chi connectivity index (χ0v) is 17.2. The van der Waals surface area contributed by atoms with E-state index in [1.165, 1.54) is 0 Å². The smallest absolute Gasteiger partial charge is 0.261 e. The molecule has 2 aromatic rings. The molecule has 1 unspecified atom stereocenters. The minimum atomic E-state index is -3.58. The van der Waals surface area contributed by atoms with Crippen molar-refractivity contribution in [2.75, 3.05) is 42.8 Å². The lowest BCUT2D eigenvalue weighted by atomic mass is 9.99. The minimum Gasteiger partial charge on any atom is -0.369 e. The lowest BCUT2D eigenvalue weighted by Gasteiger charge is -2.34. The predicted molar refractivity (Wildman–Crippen MR) is 112 cm³/mol. The van der Waals surface area contributed by atoms with E-state index in [1.54, 1.807) is 12.1 Å². The highest BCUT2D eigenvalue weighted by atomic mass is 32.2. The van der Waals surface area contributed by atoms with Crippen LogP contribution in [0.3, 0.4) is 0 Å². The standard InChI is InChI=1S/C21H29N3O2S/c1-4-17(2)18-5-11-21(12-6-18)27(25,26)22-19-7-9-20(10-8-19)24-15-13-23(3)14-16-24/h5-12,17,22H,4,13-16H2,1-3H3. The van der Waals surface area contributed by atoms with Crippen LogP contribution in [0.15, 0.2) is 53.4 Å². The van der Waals surface area contributed by atoms with Gasteiger partial charge in [0.05, 0.1) is 4.90 Å². The molecule has 0 amide bonds. The minimum absolute atomic E-state index is 0.290. The fourth-order valence-electron chi connectivity index (χ4n) is 3.23. The summed E-state index contributed by atoms with van der Waals surface area (Å²) < 4.78 is 28.0. The predicted octanol–water partition coefficient (Wildman–Crippen LogP) is 3.75. The second kappa shape index (κ2) is 8.31. The normalized spacial score (nSPS) is 16.9. The molecule has 3 rings (SSSR count). The Kier molecular flexibility index (Phi) is 6.07. The molecule has 0 aliphatic carbocycles. The molecule has 1 aliphatic heterocycles. The summed E-state index contributed by atoms with van der Waals surface area (Å²) in [7, 11) is -1.45. The van der Waals surface area contributed by atoms with Gasteiger partial charge in [-0.05, 0) is 61.3 Å². The van der Waals surface area contributed by atoms with Crippen LogP contribution in [0.1, 0.15) is 31.7 Å². The van der Waals surface area contributed by atoms with Crippen molar-refractivity contribution in [2.45, 2.75) is 31.1 Å². The second-order valence-electron chi connectivity index (χ2n) is 7.32. The van der Waals surface area contributed by atoms with Crippen molar-refractivity contribution in [3.63, 3.8) is 0 Å². The monoisotopic (exact) mass is 387 g/mol. The molecule has 0 radical (unpaired) electrons. The van der Waals surface area contributed by atoms with Gasteiger partial charge in [0.25, 0.3) is 10.0 Å². The van der Waals surface area contributed by atoms with Gasteiger partial charge in [-0.3, -0.25) is 4.72 Å². The molecule has 1 fully saturated rings. The third-order valence-corrected chi connectivity index (χ3v) is 6.76. The van der Waals surface area contributed by atoms with Crippen molar-refractivity contribution in [2.24, 2.45) is 0 Å².